The second kappa shape index (κ2) is 6.10. The molecule has 0 atom stereocenters. The van der Waals surface area contributed by atoms with Crippen LogP contribution in [0.25, 0.3) is 0 Å². The molecule has 0 unspecified atom stereocenters. The number of anilines is 1. The molecular formula is C11H13N5O2S. The molecule has 8 heteroatoms. The Morgan fingerprint density at radius 1 is 1.47 bits per heavy atom. The van der Waals surface area contributed by atoms with E-state index in [4.69, 9.17) is 4.74 Å². The van der Waals surface area contributed by atoms with Crippen LogP contribution in [0.1, 0.15) is 4.88 Å². The van der Waals surface area contributed by atoms with Gasteiger partial charge in [0, 0.05) is 30.4 Å². The van der Waals surface area contributed by atoms with E-state index >= 15 is 0 Å². The zero-order chi connectivity index (χ0) is 13.7. The standard InChI is InChI=1S/C11H13N5O2S/c1-16(7-8-6-9(18-2)15-19-8)11(17)14-10-12-4-3-5-13-10/h3-6H,7H2,1-2H3,(H,12,13,14,17). The first-order chi connectivity index (χ1) is 9.19. The minimum Gasteiger partial charge on any atom is -0.480 e. The number of amides is 2. The van der Waals surface area contributed by atoms with Crippen LogP contribution in [0.3, 0.4) is 0 Å². The number of nitrogens with zero attached hydrogens (tertiary/aromatic N) is 4. The molecular weight excluding hydrogens is 266 g/mol. The van der Waals surface area contributed by atoms with Crippen molar-refractivity contribution in [3.05, 3.63) is 29.4 Å². The molecule has 0 aliphatic heterocycles. The summed E-state index contributed by atoms with van der Waals surface area (Å²) in [5.41, 5.74) is 0. The predicted molar refractivity (Wildman–Crippen MR) is 71.2 cm³/mol. The Balaban J connectivity index is 1.92. The van der Waals surface area contributed by atoms with Gasteiger partial charge in [0.25, 0.3) is 0 Å². The molecule has 19 heavy (non-hydrogen) atoms. The molecule has 2 rings (SSSR count). The highest BCUT2D eigenvalue weighted by Gasteiger charge is 2.12. The van der Waals surface area contributed by atoms with E-state index in [0.29, 0.717) is 12.4 Å². The van der Waals surface area contributed by atoms with Crippen LogP contribution in [0.15, 0.2) is 24.5 Å². The van der Waals surface area contributed by atoms with Crippen molar-refractivity contribution in [1.29, 1.82) is 0 Å². The van der Waals surface area contributed by atoms with E-state index in [1.165, 1.54) is 16.4 Å². The highest BCUT2D eigenvalue weighted by Crippen LogP contribution is 2.17. The molecule has 0 aliphatic rings. The molecule has 1 N–H and O–H groups in total. The maximum absolute atomic E-state index is 11.9. The van der Waals surface area contributed by atoms with Crippen molar-refractivity contribution in [1.82, 2.24) is 19.2 Å². The van der Waals surface area contributed by atoms with Crippen LogP contribution in [0.5, 0.6) is 5.88 Å². The zero-order valence-electron chi connectivity index (χ0n) is 10.5. The normalized spacial score (nSPS) is 10.0. The molecule has 2 amide bonds. The number of hydrogen-bond donors (Lipinski definition) is 1. The molecule has 0 fully saturated rings. The fourth-order valence-electron chi connectivity index (χ4n) is 1.33. The molecule has 0 spiro atoms. The summed E-state index contributed by atoms with van der Waals surface area (Å²) in [6.07, 6.45) is 3.13. The number of urea groups is 1. The Hall–Kier alpha value is -2.22. The first-order valence-electron chi connectivity index (χ1n) is 5.48. The first kappa shape index (κ1) is 13.2. The molecule has 7 nitrogen and oxygen atoms in total. The third-order valence-electron chi connectivity index (χ3n) is 2.27. The lowest BCUT2D eigenvalue weighted by Crippen LogP contribution is -2.31. The molecule has 0 saturated heterocycles. The van der Waals surface area contributed by atoms with Crippen molar-refractivity contribution in [2.45, 2.75) is 6.54 Å². The summed E-state index contributed by atoms with van der Waals surface area (Å²) < 4.78 is 9.06. The molecule has 2 aromatic rings. The van der Waals surface area contributed by atoms with Crippen LogP contribution in [0.4, 0.5) is 10.7 Å². The maximum atomic E-state index is 11.9. The van der Waals surface area contributed by atoms with Gasteiger partial charge < -0.3 is 9.64 Å². The summed E-state index contributed by atoms with van der Waals surface area (Å²) in [4.78, 5) is 22.2. The zero-order valence-corrected chi connectivity index (χ0v) is 11.3. The van der Waals surface area contributed by atoms with Crippen molar-refractivity contribution in [3.8, 4) is 5.88 Å². The van der Waals surface area contributed by atoms with Gasteiger partial charge in [-0.15, -0.1) is 0 Å². The Bertz CT molecular complexity index is 545. The molecule has 0 saturated carbocycles. The van der Waals surface area contributed by atoms with Crippen LogP contribution in [0.2, 0.25) is 0 Å². The van der Waals surface area contributed by atoms with E-state index in [2.05, 4.69) is 19.7 Å². The van der Waals surface area contributed by atoms with E-state index in [-0.39, 0.29) is 12.0 Å². The highest BCUT2D eigenvalue weighted by atomic mass is 32.1. The Kier molecular flexibility index (Phi) is 4.24. The molecule has 2 aromatic heterocycles. The summed E-state index contributed by atoms with van der Waals surface area (Å²) >= 11 is 1.30. The second-order valence-corrected chi connectivity index (χ2v) is 4.58. The van der Waals surface area contributed by atoms with Gasteiger partial charge >= 0.3 is 6.03 Å². The fraction of sp³-hybridized carbons (Fsp3) is 0.273. The number of hydrogen-bond acceptors (Lipinski definition) is 6. The van der Waals surface area contributed by atoms with Crippen LogP contribution in [-0.2, 0) is 6.54 Å². The van der Waals surface area contributed by atoms with Crippen molar-refractivity contribution >= 4 is 23.5 Å². The highest BCUT2D eigenvalue weighted by molar-refractivity contribution is 7.05. The number of nitrogens with one attached hydrogen (secondary N) is 1. The summed E-state index contributed by atoms with van der Waals surface area (Å²) in [5.74, 6) is 0.835. The van der Waals surface area contributed by atoms with Gasteiger partial charge in [-0.2, -0.15) is 4.37 Å². The number of rotatable bonds is 4. The lowest BCUT2D eigenvalue weighted by molar-refractivity contribution is 0.221. The smallest absolute Gasteiger partial charge is 0.324 e. The number of carbonyl (C=O) groups is 1. The summed E-state index contributed by atoms with van der Waals surface area (Å²) in [5, 5.41) is 2.60. The summed E-state index contributed by atoms with van der Waals surface area (Å²) in [6.45, 7) is 0.444. The Morgan fingerprint density at radius 2 is 2.21 bits per heavy atom. The SMILES string of the molecule is COc1cc(CN(C)C(=O)Nc2ncccn2)sn1. The van der Waals surface area contributed by atoms with E-state index in [0.717, 1.165) is 4.88 Å². The van der Waals surface area contributed by atoms with Crippen LogP contribution in [-0.4, -0.2) is 39.4 Å². The molecule has 2 heterocycles. The van der Waals surface area contributed by atoms with Gasteiger partial charge in [0.1, 0.15) is 0 Å². The van der Waals surface area contributed by atoms with E-state index in [1.807, 2.05) is 0 Å². The van der Waals surface area contributed by atoms with Gasteiger partial charge in [-0.1, -0.05) is 0 Å². The molecule has 0 radical (unpaired) electrons. The number of ether oxygens (including phenoxy) is 1. The van der Waals surface area contributed by atoms with Crippen molar-refractivity contribution in [2.75, 3.05) is 19.5 Å². The fourth-order valence-corrected chi connectivity index (χ4v) is 2.06. The van der Waals surface area contributed by atoms with Crippen LogP contribution < -0.4 is 10.1 Å². The number of carbonyl (C=O) groups excluding carboxylic acids is 1. The van der Waals surface area contributed by atoms with E-state index < -0.39 is 0 Å². The minimum absolute atomic E-state index is 0.279. The maximum Gasteiger partial charge on any atom is 0.324 e. The largest absolute Gasteiger partial charge is 0.480 e. The quantitative estimate of drug-likeness (QED) is 0.919. The van der Waals surface area contributed by atoms with Crippen molar-refractivity contribution in [2.24, 2.45) is 0 Å². The monoisotopic (exact) mass is 279 g/mol. The van der Waals surface area contributed by atoms with Gasteiger partial charge in [-0.25, -0.2) is 14.8 Å². The average molecular weight is 279 g/mol. The number of methoxy groups -OCH3 is 1. The third kappa shape index (κ3) is 3.62. The average Bonchev–Trinajstić information content (AvgIpc) is 2.87. The summed E-state index contributed by atoms with van der Waals surface area (Å²) in [6, 6.07) is 3.20. The minimum atomic E-state index is -0.279. The van der Waals surface area contributed by atoms with Crippen molar-refractivity contribution in [3.63, 3.8) is 0 Å². The van der Waals surface area contributed by atoms with Crippen LogP contribution in [0, 0.1) is 0 Å². The molecule has 100 valence electrons. The summed E-state index contributed by atoms with van der Waals surface area (Å²) in [7, 11) is 3.24. The molecule has 0 aliphatic carbocycles. The molecule has 0 aromatic carbocycles. The lowest BCUT2D eigenvalue weighted by Gasteiger charge is -2.15. The topological polar surface area (TPSA) is 80.2 Å². The predicted octanol–water partition coefficient (Wildman–Crippen LogP) is 1.61. The van der Waals surface area contributed by atoms with E-state index in [9.17, 15) is 4.79 Å². The van der Waals surface area contributed by atoms with Crippen molar-refractivity contribution < 1.29 is 9.53 Å². The Morgan fingerprint density at radius 3 is 2.84 bits per heavy atom. The van der Waals surface area contributed by atoms with Crippen LogP contribution >= 0.6 is 11.5 Å². The van der Waals surface area contributed by atoms with Gasteiger partial charge in [-0.05, 0) is 17.6 Å². The molecule has 0 bridgehead atoms. The van der Waals surface area contributed by atoms with Gasteiger partial charge in [0.2, 0.25) is 11.8 Å². The lowest BCUT2D eigenvalue weighted by atomic mass is 10.4. The first-order valence-corrected chi connectivity index (χ1v) is 6.25. The number of aromatic nitrogens is 3. The Labute approximate surface area is 114 Å². The third-order valence-corrected chi connectivity index (χ3v) is 3.02. The van der Waals surface area contributed by atoms with E-state index in [1.54, 1.807) is 38.7 Å². The van der Waals surface area contributed by atoms with Gasteiger partial charge in [-0.3, -0.25) is 5.32 Å². The van der Waals surface area contributed by atoms with Gasteiger partial charge in [0.15, 0.2) is 0 Å². The van der Waals surface area contributed by atoms with Gasteiger partial charge in [0.05, 0.1) is 13.7 Å². The second-order valence-electron chi connectivity index (χ2n) is 3.69.